The SMILES string of the molecule is COc1cc(C)ccc1OCCOC(C)C(=N)N. The molecule has 0 amide bonds. The van der Waals surface area contributed by atoms with Crippen molar-refractivity contribution < 1.29 is 14.2 Å². The van der Waals surface area contributed by atoms with Gasteiger partial charge in [-0.15, -0.1) is 0 Å². The van der Waals surface area contributed by atoms with Gasteiger partial charge in [0.2, 0.25) is 0 Å². The van der Waals surface area contributed by atoms with E-state index in [0.717, 1.165) is 5.56 Å². The Morgan fingerprint density at radius 3 is 2.67 bits per heavy atom. The molecule has 0 spiro atoms. The first-order chi connectivity index (χ1) is 8.54. The second-order valence-electron chi connectivity index (χ2n) is 3.97. The van der Waals surface area contributed by atoms with Crippen molar-refractivity contribution in [2.75, 3.05) is 20.3 Å². The zero-order chi connectivity index (χ0) is 13.5. The molecule has 0 saturated heterocycles. The Hall–Kier alpha value is -1.75. The summed E-state index contributed by atoms with van der Waals surface area (Å²) < 4.78 is 16.1. The monoisotopic (exact) mass is 252 g/mol. The molecular formula is C13H20N2O3. The number of methoxy groups -OCH3 is 1. The summed E-state index contributed by atoms with van der Waals surface area (Å²) in [6, 6.07) is 5.73. The normalized spacial score (nSPS) is 11.9. The number of nitrogens with two attached hydrogens (primary N) is 1. The van der Waals surface area contributed by atoms with Gasteiger partial charge < -0.3 is 19.9 Å². The molecule has 0 aromatic heterocycles. The minimum Gasteiger partial charge on any atom is -0.493 e. The van der Waals surface area contributed by atoms with Gasteiger partial charge in [-0.3, -0.25) is 5.41 Å². The number of aryl methyl sites for hydroxylation is 1. The predicted molar refractivity (Wildman–Crippen MR) is 70.6 cm³/mol. The third-order valence-corrected chi connectivity index (χ3v) is 2.47. The van der Waals surface area contributed by atoms with E-state index in [1.54, 1.807) is 14.0 Å². The maximum Gasteiger partial charge on any atom is 0.161 e. The van der Waals surface area contributed by atoms with E-state index in [4.69, 9.17) is 25.4 Å². The molecule has 0 heterocycles. The van der Waals surface area contributed by atoms with Crippen LogP contribution in [0.2, 0.25) is 0 Å². The van der Waals surface area contributed by atoms with E-state index in [9.17, 15) is 0 Å². The van der Waals surface area contributed by atoms with E-state index >= 15 is 0 Å². The Kier molecular flexibility index (Phi) is 5.45. The quantitative estimate of drug-likeness (QED) is 0.440. The lowest BCUT2D eigenvalue weighted by molar-refractivity contribution is 0.0785. The van der Waals surface area contributed by atoms with Crippen LogP contribution >= 0.6 is 0 Å². The van der Waals surface area contributed by atoms with Crippen LogP contribution in [0.25, 0.3) is 0 Å². The van der Waals surface area contributed by atoms with E-state index in [1.165, 1.54) is 0 Å². The van der Waals surface area contributed by atoms with Gasteiger partial charge in [0.15, 0.2) is 11.5 Å². The van der Waals surface area contributed by atoms with Crippen LogP contribution in [-0.2, 0) is 4.74 Å². The van der Waals surface area contributed by atoms with Gasteiger partial charge in [0.05, 0.1) is 13.7 Å². The summed E-state index contributed by atoms with van der Waals surface area (Å²) in [6.07, 6.45) is -0.381. The molecule has 1 atom stereocenters. The molecule has 1 aromatic rings. The van der Waals surface area contributed by atoms with Crippen molar-refractivity contribution in [2.24, 2.45) is 5.73 Å². The molecule has 0 radical (unpaired) electrons. The number of nitrogens with one attached hydrogen (secondary N) is 1. The fourth-order valence-corrected chi connectivity index (χ4v) is 1.36. The maximum absolute atomic E-state index is 7.18. The van der Waals surface area contributed by atoms with Crippen molar-refractivity contribution in [3.05, 3.63) is 23.8 Å². The summed E-state index contributed by atoms with van der Waals surface area (Å²) in [4.78, 5) is 0. The van der Waals surface area contributed by atoms with Crippen LogP contribution in [0.3, 0.4) is 0 Å². The van der Waals surface area contributed by atoms with Gasteiger partial charge in [-0.2, -0.15) is 0 Å². The fourth-order valence-electron chi connectivity index (χ4n) is 1.36. The van der Waals surface area contributed by atoms with Gasteiger partial charge in [-0.25, -0.2) is 0 Å². The minimum atomic E-state index is -0.381. The standard InChI is InChI=1S/C13H20N2O3/c1-9-4-5-11(12(8-9)16-3)18-7-6-17-10(2)13(14)15/h4-5,8,10H,6-7H2,1-3H3,(H3,14,15). The number of benzene rings is 1. The molecule has 0 aliphatic carbocycles. The van der Waals surface area contributed by atoms with Crippen LogP contribution in [-0.4, -0.2) is 32.3 Å². The molecular weight excluding hydrogens is 232 g/mol. The lowest BCUT2D eigenvalue weighted by Crippen LogP contribution is -2.29. The van der Waals surface area contributed by atoms with Crippen LogP contribution in [0.4, 0.5) is 0 Å². The Bertz CT molecular complexity index is 407. The molecule has 0 aliphatic rings. The highest BCUT2D eigenvalue weighted by Gasteiger charge is 2.06. The zero-order valence-electron chi connectivity index (χ0n) is 11.0. The Labute approximate surface area is 107 Å². The summed E-state index contributed by atoms with van der Waals surface area (Å²) in [5, 5.41) is 7.18. The van der Waals surface area contributed by atoms with Gasteiger partial charge in [-0.1, -0.05) is 6.07 Å². The number of amidine groups is 1. The largest absolute Gasteiger partial charge is 0.493 e. The molecule has 0 bridgehead atoms. The summed E-state index contributed by atoms with van der Waals surface area (Å²) in [7, 11) is 1.61. The second-order valence-corrected chi connectivity index (χ2v) is 3.97. The van der Waals surface area contributed by atoms with Crippen molar-refractivity contribution in [1.82, 2.24) is 0 Å². The number of hydrogen-bond acceptors (Lipinski definition) is 4. The lowest BCUT2D eigenvalue weighted by atomic mass is 10.2. The second kappa shape index (κ2) is 6.86. The van der Waals surface area contributed by atoms with Crippen LogP contribution in [0.5, 0.6) is 11.5 Å². The highest BCUT2D eigenvalue weighted by atomic mass is 16.5. The van der Waals surface area contributed by atoms with Crippen molar-refractivity contribution in [2.45, 2.75) is 20.0 Å². The van der Waals surface area contributed by atoms with Crippen molar-refractivity contribution in [3.8, 4) is 11.5 Å². The van der Waals surface area contributed by atoms with Gasteiger partial charge in [-0.05, 0) is 31.5 Å². The van der Waals surface area contributed by atoms with Crippen molar-refractivity contribution in [1.29, 1.82) is 5.41 Å². The predicted octanol–water partition coefficient (Wildman–Crippen LogP) is 1.72. The van der Waals surface area contributed by atoms with Gasteiger partial charge in [0.1, 0.15) is 18.5 Å². The zero-order valence-corrected chi connectivity index (χ0v) is 11.0. The third kappa shape index (κ3) is 4.25. The summed E-state index contributed by atoms with van der Waals surface area (Å²) in [5.74, 6) is 1.40. The fraction of sp³-hybridized carbons (Fsp3) is 0.462. The molecule has 18 heavy (non-hydrogen) atoms. The van der Waals surface area contributed by atoms with E-state index < -0.39 is 0 Å². The Balaban J connectivity index is 2.42. The highest BCUT2D eigenvalue weighted by molar-refractivity contribution is 5.81. The van der Waals surface area contributed by atoms with E-state index in [2.05, 4.69) is 0 Å². The molecule has 3 N–H and O–H groups in total. The lowest BCUT2D eigenvalue weighted by Gasteiger charge is -2.13. The molecule has 0 saturated carbocycles. The molecule has 0 aliphatic heterocycles. The molecule has 100 valence electrons. The van der Waals surface area contributed by atoms with E-state index in [1.807, 2.05) is 25.1 Å². The number of rotatable bonds is 7. The molecule has 5 heteroatoms. The Morgan fingerprint density at radius 2 is 2.06 bits per heavy atom. The average Bonchev–Trinajstić information content (AvgIpc) is 2.35. The van der Waals surface area contributed by atoms with Crippen molar-refractivity contribution in [3.63, 3.8) is 0 Å². The molecule has 1 aromatic carbocycles. The maximum atomic E-state index is 7.18. The first-order valence-corrected chi connectivity index (χ1v) is 5.77. The van der Waals surface area contributed by atoms with E-state index in [0.29, 0.717) is 24.7 Å². The minimum absolute atomic E-state index is 0.0166. The molecule has 1 unspecified atom stereocenters. The molecule has 5 nitrogen and oxygen atoms in total. The number of hydrogen-bond donors (Lipinski definition) is 2. The summed E-state index contributed by atoms with van der Waals surface area (Å²) >= 11 is 0. The summed E-state index contributed by atoms with van der Waals surface area (Å²) in [5.41, 5.74) is 6.40. The smallest absolute Gasteiger partial charge is 0.161 e. The topological polar surface area (TPSA) is 77.6 Å². The first-order valence-electron chi connectivity index (χ1n) is 5.77. The van der Waals surface area contributed by atoms with Crippen molar-refractivity contribution >= 4 is 5.84 Å². The van der Waals surface area contributed by atoms with Gasteiger partial charge in [0.25, 0.3) is 0 Å². The first kappa shape index (κ1) is 14.3. The van der Waals surface area contributed by atoms with Crippen LogP contribution in [0, 0.1) is 12.3 Å². The van der Waals surface area contributed by atoms with Crippen LogP contribution in [0.15, 0.2) is 18.2 Å². The van der Waals surface area contributed by atoms with Gasteiger partial charge >= 0.3 is 0 Å². The highest BCUT2D eigenvalue weighted by Crippen LogP contribution is 2.27. The third-order valence-electron chi connectivity index (χ3n) is 2.47. The Morgan fingerprint density at radius 1 is 1.33 bits per heavy atom. The van der Waals surface area contributed by atoms with Crippen LogP contribution < -0.4 is 15.2 Å². The number of ether oxygens (including phenoxy) is 3. The average molecular weight is 252 g/mol. The van der Waals surface area contributed by atoms with Gasteiger partial charge in [0, 0.05) is 0 Å². The van der Waals surface area contributed by atoms with E-state index in [-0.39, 0.29) is 11.9 Å². The molecule has 0 fully saturated rings. The molecule has 1 rings (SSSR count). The summed E-state index contributed by atoms with van der Waals surface area (Å²) in [6.45, 7) is 4.48. The van der Waals surface area contributed by atoms with Crippen LogP contribution in [0.1, 0.15) is 12.5 Å².